The lowest BCUT2D eigenvalue weighted by Crippen LogP contribution is -2.17. The average molecular weight is 307 g/mol. The number of nitrogens with zero attached hydrogens (tertiary/aromatic N) is 1. The van der Waals surface area contributed by atoms with Gasteiger partial charge >= 0.3 is 0 Å². The van der Waals surface area contributed by atoms with Gasteiger partial charge in [-0.25, -0.2) is 5.43 Å². The fraction of sp³-hybridized carbons (Fsp3) is 0.200. The van der Waals surface area contributed by atoms with Crippen molar-refractivity contribution in [1.82, 2.24) is 5.43 Å². The van der Waals surface area contributed by atoms with Crippen LogP contribution in [0.4, 0.5) is 0 Å². The number of halogens is 1. The molecule has 3 nitrogen and oxygen atoms in total. The second-order valence-electron chi connectivity index (χ2n) is 4.62. The number of hydrazone groups is 1. The van der Waals surface area contributed by atoms with Gasteiger partial charge in [0, 0.05) is 10.4 Å². The number of hydrogen-bond acceptors (Lipinski definition) is 3. The van der Waals surface area contributed by atoms with Crippen LogP contribution in [0.3, 0.4) is 0 Å². The fourth-order valence-electron chi connectivity index (χ4n) is 1.64. The van der Waals surface area contributed by atoms with E-state index in [0.717, 1.165) is 4.88 Å². The summed E-state index contributed by atoms with van der Waals surface area (Å²) in [4.78, 5) is 12.8. The Morgan fingerprint density at radius 3 is 2.50 bits per heavy atom. The molecular formula is C15H15ClN2OS. The number of benzene rings is 1. The van der Waals surface area contributed by atoms with Gasteiger partial charge in [0.2, 0.25) is 0 Å². The van der Waals surface area contributed by atoms with E-state index in [1.807, 2.05) is 30.3 Å². The smallest absolute Gasteiger partial charge is 0.267 e. The van der Waals surface area contributed by atoms with Gasteiger partial charge in [0.05, 0.1) is 10.6 Å². The van der Waals surface area contributed by atoms with Gasteiger partial charge in [0.25, 0.3) is 5.91 Å². The Kier molecular flexibility index (Phi) is 4.93. The van der Waals surface area contributed by atoms with E-state index >= 15 is 0 Å². The molecule has 0 atom stereocenters. The summed E-state index contributed by atoms with van der Waals surface area (Å²) >= 11 is 7.21. The SMILES string of the molecule is CC(C)c1ccc(C(=O)N/N=C/c2ccc(Cl)s2)cc1. The van der Waals surface area contributed by atoms with Crippen LogP contribution in [0.2, 0.25) is 4.34 Å². The molecule has 0 aliphatic heterocycles. The van der Waals surface area contributed by atoms with Crippen LogP contribution in [0.15, 0.2) is 41.5 Å². The lowest BCUT2D eigenvalue weighted by Gasteiger charge is -2.05. The van der Waals surface area contributed by atoms with E-state index in [1.165, 1.54) is 16.9 Å². The summed E-state index contributed by atoms with van der Waals surface area (Å²) in [6.45, 7) is 4.23. The molecule has 1 N–H and O–H groups in total. The molecule has 1 amide bonds. The highest BCUT2D eigenvalue weighted by Crippen LogP contribution is 2.19. The van der Waals surface area contributed by atoms with Crippen LogP contribution in [0.5, 0.6) is 0 Å². The number of carbonyl (C=O) groups excluding carboxylic acids is 1. The summed E-state index contributed by atoms with van der Waals surface area (Å²) in [5.41, 5.74) is 4.30. The lowest BCUT2D eigenvalue weighted by molar-refractivity contribution is 0.0955. The Morgan fingerprint density at radius 2 is 1.95 bits per heavy atom. The van der Waals surface area contributed by atoms with Gasteiger partial charge in [-0.15, -0.1) is 11.3 Å². The zero-order valence-corrected chi connectivity index (χ0v) is 12.8. The first kappa shape index (κ1) is 14.8. The van der Waals surface area contributed by atoms with E-state index in [9.17, 15) is 4.79 Å². The average Bonchev–Trinajstić information content (AvgIpc) is 2.84. The molecular weight excluding hydrogens is 292 g/mol. The molecule has 0 unspecified atom stereocenters. The third kappa shape index (κ3) is 3.92. The van der Waals surface area contributed by atoms with Crippen LogP contribution in [0, 0.1) is 0 Å². The number of hydrogen-bond donors (Lipinski definition) is 1. The molecule has 2 rings (SSSR count). The van der Waals surface area contributed by atoms with E-state index < -0.39 is 0 Å². The monoisotopic (exact) mass is 306 g/mol. The molecule has 0 aliphatic rings. The van der Waals surface area contributed by atoms with Crippen LogP contribution < -0.4 is 5.43 Å². The fourth-order valence-corrected chi connectivity index (χ4v) is 2.57. The lowest BCUT2D eigenvalue weighted by atomic mass is 10.0. The number of thiophene rings is 1. The Bertz CT molecular complexity index is 617. The van der Waals surface area contributed by atoms with E-state index in [2.05, 4.69) is 24.4 Å². The van der Waals surface area contributed by atoms with E-state index in [1.54, 1.807) is 12.3 Å². The molecule has 5 heteroatoms. The van der Waals surface area contributed by atoms with Gasteiger partial charge in [-0.05, 0) is 35.7 Å². The first-order valence-corrected chi connectivity index (χ1v) is 7.44. The predicted molar refractivity (Wildman–Crippen MR) is 84.9 cm³/mol. The first-order valence-electron chi connectivity index (χ1n) is 6.25. The molecule has 104 valence electrons. The van der Waals surface area contributed by atoms with Gasteiger partial charge in [-0.3, -0.25) is 4.79 Å². The van der Waals surface area contributed by atoms with Crippen molar-refractivity contribution in [3.05, 3.63) is 56.7 Å². The molecule has 0 fully saturated rings. The van der Waals surface area contributed by atoms with Crippen molar-refractivity contribution in [3.63, 3.8) is 0 Å². The molecule has 0 spiro atoms. The number of nitrogens with one attached hydrogen (secondary N) is 1. The van der Waals surface area contributed by atoms with Crippen LogP contribution >= 0.6 is 22.9 Å². The second-order valence-corrected chi connectivity index (χ2v) is 6.36. The molecule has 0 bridgehead atoms. The van der Waals surface area contributed by atoms with Crippen LogP contribution in [0.1, 0.15) is 40.6 Å². The predicted octanol–water partition coefficient (Wildman–Crippen LogP) is 4.29. The normalized spacial score (nSPS) is 11.2. The Labute approximate surface area is 127 Å². The largest absolute Gasteiger partial charge is 0.271 e. The van der Waals surface area contributed by atoms with Crippen molar-refractivity contribution in [2.24, 2.45) is 5.10 Å². The van der Waals surface area contributed by atoms with Gasteiger partial charge < -0.3 is 0 Å². The molecule has 0 aliphatic carbocycles. The summed E-state index contributed by atoms with van der Waals surface area (Å²) in [6, 6.07) is 11.2. The highest BCUT2D eigenvalue weighted by Gasteiger charge is 2.05. The first-order chi connectivity index (χ1) is 9.56. The highest BCUT2D eigenvalue weighted by molar-refractivity contribution is 7.17. The van der Waals surface area contributed by atoms with Crippen molar-refractivity contribution in [3.8, 4) is 0 Å². The summed E-state index contributed by atoms with van der Waals surface area (Å²) in [5.74, 6) is 0.230. The van der Waals surface area contributed by atoms with Gasteiger partial charge in [-0.2, -0.15) is 5.10 Å². The van der Waals surface area contributed by atoms with Gasteiger partial charge in [0.15, 0.2) is 0 Å². The van der Waals surface area contributed by atoms with Crippen LogP contribution in [0.25, 0.3) is 0 Å². The van der Waals surface area contributed by atoms with Crippen molar-refractivity contribution in [2.45, 2.75) is 19.8 Å². The maximum atomic E-state index is 11.9. The molecule has 2 aromatic rings. The summed E-state index contributed by atoms with van der Waals surface area (Å²) < 4.78 is 0.696. The Morgan fingerprint density at radius 1 is 1.25 bits per heavy atom. The molecule has 20 heavy (non-hydrogen) atoms. The number of carbonyl (C=O) groups is 1. The summed E-state index contributed by atoms with van der Waals surface area (Å²) in [7, 11) is 0. The van der Waals surface area contributed by atoms with Gasteiger partial charge in [-0.1, -0.05) is 37.6 Å². The van der Waals surface area contributed by atoms with Gasteiger partial charge in [0.1, 0.15) is 0 Å². The van der Waals surface area contributed by atoms with Crippen molar-refractivity contribution < 1.29 is 4.79 Å². The molecule has 1 aromatic heterocycles. The minimum atomic E-state index is -0.223. The highest BCUT2D eigenvalue weighted by atomic mass is 35.5. The molecule has 0 saturated heterocycles. The minimum Gasteiger partial charge on any atom is -0.267 e. The summed E-state index contributed by atoms with van der Waals surface area (Å²) in [6.07, 6.45) is 1.58. The van der Waals surface area contributed by atoms with Crippen molar-refractivity contribution >= 4 is 35.1 Å². The van der Waals surface area contributed by atoms with E-state index in [0.29, 0.717) is 15.8 Å². The van der Waals surface area contributed by atoms with E-state index in [-0.39, 0.29) is 5.91 Å². The summed E-state index contributed by atoms with van der Waals surface area (Å²) in [5, 5.41) is 3.92. The Hall–Kier alpha value is -1.65. The number of amides is 1. The maximum absolute atomic E-state index is 11.9. The third-order valence-corrected chi connectivity index (χ3v) is 3.96. The van der Waals surface area contributed by atoms with Crippen LogP contribution in [-0.2, 0) is 0 Å². The Balaban J connectivity index is 1.96. The maximum Gasteiger partial charge on any atom is 0.271 e. The molecule has 0 saturated carbocycles. The zero-order valence-electron chi connectivity index (χ0n) is 11.3. The third-order valence-electron chi connectivity index (χ3n) is 2.79. The number of rotatable bonds is 4. The standard InChI is InChI=1S/C15H15ClN2OS/c1-10(2)11-3-5-12(6-4-11)15(19)18-17-9-13-7-8-14(16)20-13/h3-10H,1-2H3,(H,18,19)/b17-9+. The van der Waals surface area contributed by atoms with Crippen molar-refractivity contribution in [1.29, 1.82) is 0 Å². The molecule has 1 heterocycles. The second kappa shape index (κ2) is 6.68. The minimum absolute atomic E-state index is 0.223. The van der Waals surface area contributed by atoms with E-state index in [4.69, 9.17) is 11.6 Å². The topological polar surface area (TPSA) is 41.5 Å². The molecule has 1 aromatic carbocycles. The molecule has 0 radical (unpaired) electrons. The van der Waals surface area contributed by atoms with Crippen LogP contribution in [-0.4, -0.2) is 12.1 Å². The van der Waals surface area contributed by atoms with Crippen molar-refractivity contribution in [2.75, 3.05) is 0 Å². The zero-order chi connectivity index (χ0) is 14.5. The quantitative estimate of drug-likeness (QED) is 0.664.